The molecule has 0 aromatic carbocycles. The monoisotopic (exact) mass is 257 g/mol. The van der Waals surface area contributed by atoms with Crippen LogP contribution >= 0.6 is 0 Å². The van der Waals surface area contributed by atoms with Gasteiger partial charge in [-0.2, -0.15) is 0 Å². The predicted octanol–water partition coefficient (Wildman–Crippen LogP) is 2.12. The van der Waals surface area contributed by atoms with E-state index in [1.165, 1.54) is 0 Å². The Balaban J connectivity index is 2.73. The number of carbonyl (C=O) groups is 1. The molecule has 0 saturated heterocycles. The number of rotatable bonds is 9. The van der Waals surface area contributed by atoms with Gasteiger partial charge in [0.2, 0.25) is 0 Å². The predicted molar refractivity (Wildman–Crippen MR) is 71.5 cm³/mol. The standard InChI is InChI=1S/C14H27NO3/c1-5-11(4)18-10-14(15-6-2,12-8-9-12)13(16)17-7-3/h11-12,15H,5-10H2,1-4H3. The second-order valence-corrected chi connectivity index (χ2v) is 5.03. The Hall–Kier alpha value is -0.610. The van der Waals surface area contributed by atoms with Gasteiger partial charge < -0.3 is 9.47 Å². The Kier molecular flexibility index (Phi) is 6.09. The lowest BCUT2D eigenvalue weighted by Crippen LogP contribution is -2.58. The fourth-order valence-electron chi connectivity index (χ4n) is 2.15. The molecule has 0 radical (unpaired) electrons. The zero-order valence-electron chi connectivity index (χ0n) is 12.1. The van der Waals surface area contributed by atoms with Gasteiger partial charge in [0.25, 0.3) is 0 Å². The molecule has 0 spiro atoms. The molecule has 0 aliphatic heterocycles. The molecule has 1 fully saturated rings. The summed E-state index contributed by atoms with van der Waals surface area (Å²) in [6.07, 6.45) is 3.29. The van der Waals surface area contributed by atoms with Crippen LogP contribution in [0, 0.1) is 5.92 Å². The van der Waals surface area contributed by atoms with E-state index in [9.17, 15) is 4.79 Å². The van der Waals surface area contributed by atoms with Crippen molar-refractivity contribution < 1.29 is 14.3 Å². The quantitative estimate of drug-likeness (QED) is 0.643. The molecule has 0 bridgehead atoms. The molecule has 18 heavy (non-hydrogen) atoms. The van der Waals surface area contributed by atoms with E-state index in [-0.39, 0.29) is 12.1 Å². The SMILES string of the molecule is CCNC(COC(C)CC)(C(=O)OCC)C1CC1. The fourth-order valence-corrected chi connectivity index (χ4v) is 2.15. The molecule has 4 heteroatoms. The number of hydrogen-bond donors (Lipinski definition) is 1. The summed E-state index contributed by atoms with van der Waals surface area (Å²) in [5, 5.41) is 3.32. The molecule has 0 aromatic rings. The first kappa shape index (κ1) is 15.4. The maximum Gasteiger partial charge on any atom is 0.329 e. The van der Waals surface area contributed by atoms with Gasteiger partial charge in [0.1, 0.15) is 5.54 Å². The van der Waals surface area contributed by atoms with Gasteiger partial charge in [-0.15, -0.1) is 0 Å². The van der Waals surface area contributed by atoms with E-state index in [0.29, 0.717) is 19.1 Å². The Morgan fingerprint density at radius 2 is 2.06 bits per heavy atom. The summed E-state index contributed by atoms with van der Waals surface area (Å²) in [4.78, 5) is 12.3. The van der Waals surface area contributed by atoms with Crippen molar-refractivity contribution in [2.45, 2.75) is 58.6 Å². The Morgan fingerprint density at radius 3 is 2.50 bits per heavy atom. The highest BCUT2D eigenvalue weighted by atomic mass is 16.5. The van der Waals surface area contributed by atoms with Crippen molar-refractivity contribution in [2.24, 2.45) is 5.92 Å². The molecular formula is C14H27NO3. The molecule has 1 aliphatic carbocycles. The van der Waals surface area contributed by atoms with E-state index >= 15 is 0 Å². The van der Waals surface area contributed by atoms with E-state index < -0.39 is 5.54 Å². The van der Waals surface area contributed by atoms with E-state index in [2.05, 4.69) is 12.2 Å². The largest absolute Gasteiger partial charge is 0.465 e. The van der Waals surface area contributed by atoms with Crippen LogP contribution in [0.3, 0.4) is 0 Å². The summed E-state index contributed by atoms with van der Waals surface area (Å²) in [7, 11) is 0. The number of likely N-dealkylation sites (N-methyl/N-ethyl adjacent to an activating group) is 1. The zero-order valence-corrected chi connectivity index (χ0v) is 12.1. The van der Waals surface area contributed by atoms with Crippen LogP contribution in [0.5, 0.6) is 0 Å². The molecule has 1 N–H and O–H groups in total. The molecule has 4 nitrogen and oxygen atoms in total. The molecule has 1 aliphatic rings. The van der Waals surface area contributed by atoms with Gasteiger partial charge in [0.05, 0.1) is 19.3 Å². The Morgan fingerprint density at radius 1 is 1.39 bits per heavy atom. The first-order chi connectivity index (χ1) is 8.60. The second kappa shape index (κ2) is 7.10. The number of carbonyl (C=O) groups excluding carboxylic acids is 1. The van der Waals surface area contributed by atoms with Crippen molar-refractivity contribution in [3.63, 3.8) is 0 Å². The summed E-state index contributed by atoms with van der Waals surface area (Å²) in [5.41, 5.74) is -0.631. The number of esters is 1. The van der Waals surface area contributed by atoms with Crippen LogP contribution in [0.1, 0.15) is 47.0 Å². The summed E-state index contributed by atoms with van der Waals surface area (Å²) >= 11 is 0. The van der Waals surface area contributed by atoms with E-state index in [4.69, 9.17) is 9.47 Å². The minimum Gasteiger partial charge on any atom is -0.465 e. The molecule has 0 amide bonds. The molecule has 0 heterocycles. The van der Waals surface area contributed by atoms with E-state index in [1.807, 2.05) is 20.8 Å². The van der Waals surface area contributed by atoms with E-state index in [1.54, 1.807) is 0 Å². The Bertz CT molecular complexity index is 266. The minimum absolute atomic E-state index is 0.155. The van der Waals surface area contributed by atoms with Gasteiger partial charge >= 0.3 is 5.97 Å². The smallest absolute Gasteiger partial charge is 0.329 e. The van der Waals surface area contributed by atoms with Crippen molar-refractivity contribution in [2.75, 3.05) is 19.8 Å². The summed E-state index contributed by atoms with van der Waals surface area (Å²) in [5.74, 6) is 0.207. The highest BCUT2D eigenvalue weighted by Gasteiger charge is 2.52. The second-order valence-electron chi connectivity index (χ2n) is 5.03. The number of ether oxygens (including phenoxy) is 2. The molecule has 2 atom stereocenters. The average Bonchev–Trinajstić information content (AvgIpc) is 3.18. The summed E-state index contributed by atoms with van der Waals surface area (Å²) in [6, 6.07) is 0. The van der Waals surface area contributed by atoms with Crippen molar-refractivity contribution >= 4 is 5.97 Å². The Labute approximate surface area is 110 Å². The van der Waals surface area contributed by atoms with Gasteiger partial charge in [-0.3, -0.25) is 5.32 Å². The topological polar surface area (TPSA) is 47.6 Å². The van der Waals surface area contributed by atoms with Crippen LogP contribution in [-0.4, -0.2) is 37.4 Å². The summed E-state index contributed by atoms with van der Waals surface area (Å²) < 4.78 is 11.1. The molecule has 2 unspecified atom stereocenters. The highest BCUT2D eigenvalue weighted by Crippen LogP contribution is 2.41. The van der Waals surface area contributed by atoms with E-state index in [0.717, 1.165) is 25.8 Å². The van der Waals surface area contributed by atoms with Gasteiger partial charge in [0, 0.05) is 0 Å². The maximum atomic E-state index is 12.3. The normalized spacial score (nSPS) is 20.2. The van der Waals surface area contributed by atoms with Crippen LogP contribution in [0.25, 0.3) is 0 Å². The van der Waals surface area contributed by atoms with Gasteiger partial charge in [-0.1, -0.05) is 13.8 Å². The van der Waals surface area contributed by atoms with Crippen LogP contribution < -0.4 is 5.32 Å². The molecule has 106 valence electrons. The molecule has 0 aromatic heterocycles. The molecule has 1 rings (SSSR count). The van der Waals surface area contributed by atoms with Crippen molar-refractivity contribution in [1.29, 1.82) is 0 Å². The third kappa shape index (κ3) is 3.69. The third-order valence-corrected chi connectivity index (χ3v) is 3.58. The maximum absolute atomic E-state index is 12.3. The lowest BCUT2D eigenvalue weighted by atomic mass is 9.94. The fraction of sp³-hybridized carbons (Fsp3) is 0.929. The van der Waals surface area contributed by atoms with Crippen LogP contribution in [-0.2, 0) is 14.3 Å². The lowest BCUT2D eigenvalue weighted by Gasteiger charge is -2.33. The zero-order chi connectivity index (χ0) is 13.6. The van der Waals surface area contributed by atoms with Gasteiger partial charge in [0.15, 0.2) is 0 Å². The first-order valence-corrected chi connectivity index (χ1v) is 7.14. The van der Waals surface area contributed by atoms with Crippen molar-refractivity contribution in [3.05, 3.63) is 0 Å². The highest BCUT2D eigenvalue weighted by molar-refractivity contribution is 5.82. The van der Waals surface area contributed by atoms with Crippen LogP contribution in [0.15, 0.2) is 0 Å². The lowest BCUT2D eigenvalue weighted by molar-refractivity contribution is -0.156. The van der Waals surface area contributed by atoms with Gasteiger partial charge in [-0.25, -0.2) is 4.79 Å². The summed E-state index contributed by atoms with van der Waals surface area (Å²) in [6.45, 7) is 9.56. The van der Waals surface area contributed by atoms with Crippen molar-refractivity contribution in [3.8, 4) is 0 Å². The molecule has 1 saturated carbocycles. The van der Waals surface area contributed by atoms with Crippen molar-refractivity contribution in [1.82, 2.24) is 5.32 Å². The third-order valence-electron chi connectivity index (χ3n) is 3.58. The first-order valence-electron chi connectivity index (χ1n) is 7.14. The molecular weight excluding hydrogens is 230 g/mol. The number of nitrogens with one attached hydrogen (secondary N) is 1. The van der Waals surface area contributed by atoms with Gasteiger partial charge in [-0.05, 0) is 45.6 Å². The average molecular weight is 257 g/mol. The minimum atomic E-state index is -0.631. The van der Waals surface area contributed by atoms with Crippen LogP contribution in [0.4, 0.5) is 0 Å². The van der Waals surface area contributed by atoms with Crippen LogP contribution in [0.2, 0.25) is 0 Å². The number of hydrogen-bond acceptors (Lipinski definition) is 4.